The lowest BCUT2D eigenvalue weighted by Gasteiger charge is -2.39. The summed E-state index contributed by atoms with van der Waals surface area (Å²) in [6.07, 6.45) is 4.99. The van der Waals surface area contributed by atoms with Crippen LogP contribution >= 0.6 is 0 Å². The molecule has 7 heteroatoms. The van der Waals surface area contributed by atoms with Crippen molar-refractivity contribution in [1.29, 1.82) is 0 Å². The van der Waals surface area contributed by atoms with Crippen LogP contribution in [0, 0.1) is 13.8 Å². The minimum absolute atomic E-state index is 0.0652. The smallest absolute Gasteiger partial charge is 0.259 e. The molecule has 0 aliphatic carbocycles. The molecule has 4 rings (SSSR count). The number of likely N-dealkylation sites (tertiary alicyclic amines) is 1. The topological polar surface area (TPSA) is 63.0 Å². The Kier molecular flexibility index (Phi) is 4.91. The van der Waals surface area contributed by atoms with Gasteiger partial charge in [-0.2, -0.15) is 5.10 Å². The van der Waals surface area contributed by atoms with Gasteiger partial charge in [-0.1, -0.05) is 0 Å². The number of fused-ring (bicyclic) bond motifs is 1. The second-order valence-electron chi connectivity index (χ2n) is 7.39. The highest BCUT2D eigenvalue weighted by atomic mass is 16.5. The number of rotatable bonds is 3. The SMILES string of the molecule is Cc1cc(C)n2ncc(C(=O)N3CCCC[C@H]3CN3CCOCC3)c2n1. The van der Waals surface area contributed by atoms with Crippen molar-refractivity contribution in [2.24, 2.45) is 0 Å². The summed E-state index contributed by atoms with van der Waals surface area (Å²) in [7, 11) is 0. The number of hydrogen-bond acceptors (Lipinski definition) is 5. The number of morpholine rings is 1. The summed E-state index contributed by atoms with van der Waals surface area (Å²) in [4.78, 5) is 22.4. The van der Waals surface area contributed by atoms with Crippen molar-refractivity contribution >= 4 is 11.6 Å². The standard InChI is InChI=1S/C19H27N5O2/c1-14-11-15(2)24-18(21-14)17(12-20-24)19(25)23-6-4-3-5-16(23)13-22-7-9-26-10-8-22/h11-12,16H,3-10,13H2,1-2H3/t16-/m0/s1. The first-order chi connectivity index (χ1) is 12.6. The Bertz CT molecular complexity index is 797. The molecule has 0 spiro atoms. The van der Waals surface area contributed by atoms with Crippen molar-refractivity contribution < 1.29 is 9.53 Å². The van der Waals surface area contributed by atoms with Gasteiger partial charge in [0.25, 0.3) is 5.91 Å². The largest absolute Gasteiger partial charge is 0.379 e. The number of aromatic nitrogens is 3. The van der Waals surface area contributed by atoms with Gasteiger partial charge in [-0.3, -0.25) is 9.69 Å². The Hall–Kier alpha value is -1.99. The fraction of sp³-hybridized carbons (Fsp3) is 0.632. The first kappa shape index (κ1) is 17.4. The van der Waals surface area contributed by atoms with Crippen LogP contribution in [0.15, 0.2) is 12.3 Å². The molecule has 7 nitrogen and oxygen atoms in total. The van der Waals surface area contributed by atoms with Crippen molar-refractivity contribution in [3.63, 3.8) is 0 Å². The lowest BCUT2D eigenvalue weighted by Crippen LogP contribution is -2.51. The number of nitrogens with zero attached hydrogens (tertiary/aromatic N) is 5. The molecule has 2 fully saturated rings. The maximum Gasteiger partial charge on any atom is 0.259 e. The third-order valence-corrected chi connectivity index (χ3v) is 5.47. The van der Waals surface area contributed by atoms with E-state index in [0.717, 1.165) is 63.6 Å². The fourth-order valence-electron chi connectivity index (χ4n) is 4.12. The van der Waals surface area contributed by atoms with E-state index in [1.54, 1.807) is 10.7 Å². The Morgan fingerprint density at radius 3 is 2.85 bits per heavy atom. The van der Waals surface area contributed by atoms with E-state index >= 15 is 0 Å². The molecule has 2 aromatic heterocycles. The zero-order chi connectivity index (χ0) is 18.1. The molecule has 0 N–H and O–H groups in total. The van der Waals surface area contributed by atoms with Crippen LogP contribution in [0.1, 0.15) is 41.0 Å². The van der Waals surface area contributed by atoms with Gasteiger partial charge in [0.05, 0.1) is 19.4 Å². The van der Waals surface area contributed by atoms with E-state index in [9.17, 15) is 4.79 Å². The van der Waals surface area contributed by atoms with Gasteiger partial charge < -0.3 is 9.64 Å². The molecule has 2 saturated heterocycles. The minimum atomic E-state index is 0.0652. The molecule has 0 saturated carbocycles. The quantitative estimate of drug-likeness (QED) is 0.836. The fourth-order valence-corrected chi connectivity index (χ4v) is 4.12. The third kappa shape index (κ3) is 3.33. The molecule has 26 heavy (non-hydrogen) atoms. The molecule has 2 aliphatic heterocycles. The zero-order valence-electron chi connectivity index (χ0n) is 15.6. The molecule has 0 aromatic carbocycles. The molecule has 1 atom stereocenters. The predicted molar refractivity (Wildman–Crippen MR) is 98.4 cm³/mol. The van der Waals surface area contributed by atoms with Crippen molar-refractivity contribution in [2.45, 2.75) is 39.2 Å². The van der Waals surface area contributed by atoms with Crippen molar-refractivity contribution in [3.8, 4) is 0 Å². The van der Waals surface area contributed by atoms with Gasteiger partial charge in [0, 0.05) is 43.6 Å². The highest BCUT2D eigenvalue weighted by Crippen LogP contribution is 2.23. The summed E-state index contributed by atoms with van der Waals surface area (Å²) in [5.41, 5.74) is 3.19. The summed E-state index contributed by atoms with van der Waals surface area (Å²) in [6.45, 7) is 9.18. The molecular formula is C19H27N5O2. The minimum Gasteiger partial charge on any atom is -0.379 e. The van der Waals surface area contributed by atoms with E-state index in [0.29, 0.717) is 11.2 Å². The number of aryl methyl sites for hydroxylation is 2. The maximum absolute atomic E-state index is 13.3. The van der Waals surface area contributed by atoms with Crippen molar-refractivity contribution in [1.82, 2.24) is 24.4 Å². The molecule has 1 amide bonds. The second kappa shape index (κ2) is 7.32. The van der Waals surface area contributed by atoms with E-state index in [-0.39, 0.29) is 11.9 Å². The molecule has 2 aliphatic rings. The summed E-state index contributed by atoms with van der Waals surface area (Å²) in [6, 6.07) is 2.24. The van der Waals surface area contributed by atoms with Crippen molar-refractivity contribution in [3.05, 3.63) is 29.2 Å². The van der Waals surface area contributed by atoms with Crippen molar-refractivity contribution in [2.75, 3.05) is 39.4 Å². The molecule has 140 valence electrons. The van der Waals surface area contributed by atoms with E-state index in [1.165, 1.54) is 6.42 Å². The molecular weight excluding hydrogens is 330 g/mol. The van der Waals surface area contributed by atoms with E-state index < -0.39 is 0 Å². The normalized spacial score (nSPS) is 22.1. The number of ether oxygens (including phenoxy) is 1. The Labute approximate surface area is 153 Å². The van der Waals surface area contributed by atoms with E-state index in [1.807, 2.05) is 19.9 Å². The third-order valence-electron chi connectivity index (χ3n) is 5.47. The number of piperidine rings is 1. The van der Waals surface area contributed by atoms with Gasteiger partial charge in [-0.05, 0) is 39.2 Å². The van der Waals surface area contributed by atoms with Gasteiger partial charge in [0.2, 0.25) is 0 Å². The number of carbonyl (C=O) groups excluding carboxylic acids is 1. The Balaban J connectivity index is 1.59. The Morgan fingerprint density at radius 1 is 1.23 bits per heavy atom. The lowest BCUT2D eigenvalue weighted by atomic mass is 10.0. The van der Waals surface area contributed by atoms with Crippen LogP contribution in [0.4, 0.5) is 0 Å². The summed E-state index contributed by atoms with van der Waals surface area (Å²) >= 11 is 0. The first-order valence-electron chi connectivity index (χ1n) is 9.56. The van der Waals surface area contributed by atoms with E-state index in [4.69, 9.17) is 4.74 Å². The summed E-state index contributed by atoms with van der Waals surface area (Å²) in [5.74, 6) is 0.0652. The van der Waals surface area contributed by atoms with Crippen LogP contribution in [0.3, 0.4) is 0 Å². The number of amides is 1. The summed E-state index contributed by atoms with van der Waals surface area (Å²) < 4.78 is 7.22. The maximum atomic E-state index is 13.3. The highest BCUT2D eigenvalue weighted by Gasteiger charge is 2.31. The number of carbonyl (C=O) groups is 1. The molecule has 0 radical (unpaired) electrons. The highest BCUT2D eigenvalue weighted by molar-refractivity contribution is 6.00. The lowest BCUT2D eigenvalue weighted by molar-refractivity contribution is 0.0166. The van der Waals surface area contributed by atoms with Gasteiger partial charge in [-0.15, -0.1) is 0 Å². The molecule has 2 aromatic rings. The zero-order valence-corrected chi connectivity index (χ0v) is 15.6. The molecule has 0 unspecified atom stereocenters. The number of hydrogen-bond donors (Lipinski definition) is 0. The van der Waals surface area contributed by atoms with Gasteiger partial charge in [0.15, 0.2) is 5.65 Å². The second-order valence-corrected chi connectivity index (χ2v) is 7.39. The monoisotopic (exact) mass is 357 g/mol. The van der Waals surface area contributed by atoms with Crippen LogP contribution in [0.25, 0.3) is 5.65 Å². The summed E-state index contributed by atoms with van der Waals surface area (Å²) in [5, 5.41) is 4.40. The predicted octanol–water partition coefficient (Wildman–Crippen LogP) is 1.67. The van der Waals surface area contributed by atoms with Crippen LogP contribution in [0.2, 0.25) is 0 Å². The van der Waals surface area contributed by atoms with Crippen LogP contribution in [-0.4, -0.2) is 75.7 Å². The molecule has 0 bridgehead atoms. The van der Waals surface area contributed by atoms with Gasteiger partial charge >= 0.3 is 0 Å². The van der Waals surface area contributed by atoms with Crippen LogP contribution < -0.4 is 0 Å². The Morgan fingerprint density at radius 2 is 2.04 bits per heavy atom. The first-order valence-corrected chi connectivity index (χ1v) is 9.56. The molecule has 4 heterocycles. The average Bonchev–Trinajstić information content (AvgIpc) is 3.06. The van der Waals surface area contributed by atoms with Crippen LogP contribution in [-0.2, 0) is 4.74 Å². The van der Waals surface area contributed by atoms with Gasteiger partial charge in [0.1, 0.15) is 5.56 Å². The van der Waals surface area contributed by atoms with E-state index in [2.05, 4.69) is 19.9 Å². The van der Waals surface area contributed by atoms with Gasteiger partial charge in [-0.25, -0.2) is 9.50 Å². The van der Waals surface area contributed by atoms with Crippen LogP contribution in [0.5, 0.6) is 0 Å². The average molecular weight is 357 g/mol.